The van der Waals surface area contributed by atoms with E-state index >= 15 is 0 Å². The van der Waals surface area contributed by atoms with Crippen molar-refractivity contribution in [1.29, 1.82) is 0 Å². The lowest BCUT2D eigenvalue weighted by atomic mass is 10.1. The van der Waals surface area contributed by atoms with Gasteiger partial charge in [-0.15, -0.1) is 0 Å². The Labute approximate surface area is 121 Å². The number of hydrogen-bond acceptors (Lipinski definition) is 4. The summed E-state index contributed by atoms with van der Waals surface area (Å²) in [4.78, 5) is 4.43. The predicted octanol–water partition coefficient (Wildman–Crippen LogP) is 2.84. The fourth-order valence-corrected chi connectivity index (χ4v) is 2.20. The molecule has 1 aliphatic rings. The van der Waals surface area contributed by atoms with E-state index in [2.05, 4.69) is 37.1 Å². The molecule has 1 unspecified atom stereocenters. The molecule has 2 heterocycles. The van der Waals surface area contributed by atoms with Gasteiger partial charge in [0.1, 0.15) is 6.61 Å². The van der Waals surface area contributed by atoms with Crippen molar-refractivity contribution in [3.05, 3.63) is 23.4 Å². The molecule has 1 aromatic heterocycles. The molecule has 20 heavy (non-hydrogen) atoms. The van der Waals surface area contributed by atoms with Gasteiger partial charge in [0.05, 0.1) is 6.10 Å². The number of aromatic nitrogens is 1. The van der Waals surface area contributed by atoms with Gasteiger partial charge in [-0.3, -0.25) is 0 Å². The van der Waals surface area contributed by atoms with E-state index in [1.807, 2.05) is 13.0 Å². The standard InChI is InChI=1S/C16H26N2O2/c1-12-8-13(10-17-16(2,3)4)9-15(18-12)20-11-14-6-5-7-19-14/h8-9,14,17H,5-7,10-11H2,1-4H3. The lowest BCUT2D eigenvalue weighted by molar-refractivity contribution is 0.0662. The molecule has 1 atom stereocenters. The van der Waals surface area contributed by atoms with Crippen LogP contribution in [0.25, 0.3) is 0 Å². The molecule has 0 amide bonds. The van der Waals surface area contributed by atoms with Crippen LogP contribution in [0.4, 0.5) is 0 Å². The first-order valence-electron chi connectivity index (χ1n) is 7.39. The Bertz CT molecular complexity index is 435. The van der Waals surface area contributed by atoms with Crippen LogP contribution < -0.4 is 10.1 Å². The van der Waals surface area contributed by atoms with Gasteiger partial charge in [0.25, 0.3) is 0 Å². The zero-order valence-corrected chi connectivity index (χ0v) is 13.0. The van der Waals surface area contributed by atoms with Crippen LogP contribution in [0.5, 0.6) is 5.88 Å². The molecule has 0 aromatic carbocycles. The van der Waals surface area contributed by atoms with E-state index in [1.54, 1.807) is 0 Å². The summed E-state index contributed by atoms with van der Waals surface area (Å²) in [6.07, 6.45) is 2.45. The van der Waals surface area contributed by atoms with Crippen molar-refractivity contribution >= 4 is 0 Å². The molecule has 1 saturated heterocycles. The van der Waals surface area contributed by atoms with Crippen molar-refractivity contribution in [3.8, 4) is 5.88 Å². The zero-order chi connectivity index (χ0) is 14.6. The van der Waals surface area contributed by atoms with Gasteiger partial charge in [-0.25, -0.2) is 4.98 Å². The fraction of sp³-hybridized carbons (Fsp3) is 0.688. The topological polar surface area (TPSA) is 43.4 Å². The summed E-state index contributed by atoms with van der Waals surface area (Å²) < 4.78 is 11.3. The summed E-state index contributed by atoms with van der Waals surface area (Å²) >= 11 is 0. The first-order chi connectivity index (χ1) is 9.42. The normalized spacial score (nSPS) is 19.3. The second-order valence-corrected chi connectivity index (χ2v) is 6.50. The molecule has 1 aromatic rings. The minimum atomic E-state index is 0.107. The highest BCUT2D eigenvalue weighted by atomic mass is 16.5. The third-order valence-electron chi connectivity index (χ3n) is 3.25. The summed E-state index contributed by atoms with van der Waals surface area (Å²) in [5, 5.41) is 3.48. The van der Waals surface area contributed by atoms with Crippen LogP contribution in [-0.2, 0) is 11.3 Å². The zero-order valence-electron chi connectivity index (χ0n) is 13.0. The molecule has 2 rings (SSSR count). The van der Waals surface area contributed by atoms with Gasteiger partial charge in [0.2, 0.25) is 5.88 Å². The van der Waals surface area contributed by atoms with Crippen molar-refractivity contribution in [2.45, 2.75) is 58.7 Å². The van der Waals surface area contributed by atoms with Crippen LogP contribution in [0.3, 0.4) is 0 Å². The lowest BCUT2D eigenvalue weighted by Gasteiger charge is -2.21. The molecule has 1 N–H and O–H groups in total. The monoisotopic (exact) mass is 278 g/mol. The van der Waals surface area contributed by atoms with Gasteiger partial charge in [0.15, 0.2) is 0 Å². The average Bonchev–Trinajstić information content (AvgIpc) is 2.86. The Morgan fingerprint density at radius 3 is 2.85 bits per heavy atom. The highest BCUT2D eigenvalue weighted by Crippen LogP contribution is 2.17. The minimum absolute atomic E-state index is 0.107. The quantitative estimate of drug-likeness (QED) is 0.899. The molecule has 0 bridgehead atoms. The van der Waals surface area contributed by atoms with Crippen molar-refractivity contribution in [3.63, 3.8) is 0 Å². The summed E-state index contributed by atoms with van der Waals surface area (Å²) in [7, 11) is 0. The summed E-state index contributed by atoms with van der Waals surface area (Å²) in [6.45, 7) is 10.8. The van der Waals surface area contributed by atoms with E-state index < -0.39 is 0 Å². The Morgan fingerprint density at radius 2 is 2.20 bits per heavy atom. The molecule has 4 heteroatoms. The van der Waals surface area contributed by atoms with Crippen molar-refractivity contribution in [2.24, 2.45) is 0 Å². The first-order valence-corrected chi connectivity index (χ1v) is 7.39. The van der Waals surface area contributed by atoms with Crippen LogP contribution >= 0.6 is 0 Å². The van der Waals surface area contributed by atoms with Crippen molar-refractivity contribution in [2.75, 3.05) is 13.2 Å². The second-order valence-electron chi connectivity index (χ2n) is 6.50. The van der Waals surface area contributed by atoms with Crippen LogP contribution in [0.15, 0.2) is 12.1 Å². The maximum atomic E-state index is 5.78. The number of nitrogens with one attached hydrogen (secondary N) is 1. The van der Waals surface area contributed by atoms with Gasteiger partial charge < -0.3 is 14.8 Å². The number of aryl methyl sites for hydroxylation is 1. The number of pyridine rings is 1. The minimum Gasteiger partial charge on any atom is -0.475 e. The van der Waals surface area contributed by atoms with Gasteiger partial charge in [-0.1, -0.05) is 0 Å². The molecule has 0 radical (unpaired) electrons. The van der Waals surface area contributed by atoms with Crippen LogP contribution in [0.2, 0.25) is 0 Å². The number of hydrogen-bond donors (Lipinski definition) is 1. The smallest absolute Gasteiger partial charge is 0.213 e. The molecule has 1 fully saturated rings. The second kappa shape index (κ2) is 6.55. The maximum Gasteiger partial charge on any atom is 0.213 e. The van der Waals surface area contributed by atoms with E-state index in [9.17, 15) is 0 Å². The first kappa shape index (κ1) is 15.3. The number of ether oxygens (including phenoxy) is 2. The van der Waals surface area contributed by atoms with Crippen molar-refractivity contribution in [1.82, 2.24) is 10.3 Å². The Hall–Kier alpha value is -1.13. The molecular weight excluding hydrogens is 252 g/mol. The van der Waals surface area contributed by atoms with E-state index in [0.717, 1.165) is 31.7 Å². The Kier molecular flexibility index (Phi) is 5.00. The SMILES string of the molecule is Cc1cc(CNC(C)(C)C)cc(OCC2CCCO2)n1. The Morgan fingerprint density at radius 1 is 1.40 bits per heavy atom. The van der Waals surface area contributed by atoms with Crippen LogP contribution in [-0.4, -0.2) is 29.8 Å². The summed E-state index contributed by atoms with van der Waals surface area (Å²) in [6, 6.07) is 4.11. The molecule has 1 aliphatic heterocycles. The van der Waals surface area contributed by atoms with E-state index in [-0.39, 0.29) is 11.6 Å². The number of nitrogens with zero attached hydrogens (tertiary/aromatic N) is 1. The molecule has 0 spiro atoms. The summed E-state index contributed by atoms with van der Waals surface area (Å²) in [5.74, 6) is 0.700. The Balaban J connectivity index is 1.93. The average molecular weight is 278 g/mol. The van der Waals surface area contributed by atoms with Crippen LogP contribution in [0, 0.1) is 6.92 Å². The highest BCUT2D eigenvalue weighted by molar-refractivity contribution is 5.24. The molecular formula is C16H26N2O2. The molecule has 4 nitrogen and oxygen atoms in total. The van der Waals surface area contributed by atoms with Gasteiger partial charge >= 0.3 is 0 Å². The van der Waals surface area contributed by atoms with Crippen molar-refractivity contribution < 1.29 is 9.47 Å². The van der Waals surface area contributed by atoms with Gasteiger partial charge in [-0.2, -0.15) is 0 Å². The fourth-order valence-electron chi connectivity index (χ4n) is 2.20. The maximum absolute atomic E-state index is 5.78. The molecule has 0 saturated carbocycles. The predicted molar refractivity (Wildman–Crippen MR) is 80.0 cm³/mol. The molecule has 0 aliphatic carbocycles. The third kappa shape index (κ3) is 5.10. The van der Waals surface area contributed by atoms with Gasteiger partial charge in [0, 0.05) is 30.5 Å². The largest absolute Gasteiger partial charge is 0.475 e. The highest BCUT2D eigenvalue weighted by Gasteiger charge is 2.16. The van der Waals surface area contributed by atoms with E-state index in [4.69, 9.17) is 9.47 Å². The van der Waals surface area contributed by atoms with Crippen LogP contribution in [0.1, 0.15) is 44.9 Å². The third-order valence-corrected chi connectivity index (χ3v) is 3.25. The summed E-state index contributed by atoms with van der Waals surface area (Å²) in [5.41, 5.74) is 2.30. The van der Waals surface area contributed by atoms with E-state index in [1.165, 1.54) is 5.56 Å². The van der Waals surface area contributed by atoms with E-state index in [0.29, 0.717) is 12.5 Å². The molecule has 112 valence electrons. The van der Waals surface area contributed by atoms with Gasteiger partial charge in [-0.05, 0) is 52.2 Å². The lowest BCUT2D eigenvalue weighted by Crippen LogP contribution is -2.35. The number of rotatable bonds is 5.